The van der Waals surface area contributed by atoms with Crippen molar-refractivity contribution in [2.45, 2.75) is 25.2 Å². The Bertz CT molecular complexity index is 617. The van der Waals surface area contributed by atoms with E-state index >= 15 is 0 Å². The van der Waals surface area contributed by atoms with Crippen LogP contribution in [0.4, 0.5) is 4.39 Å². The summed E-state index contributed by atoms with van der Waals surface area (Å²) in [5, 5.41) is 7.46. The third-order valence-electron chi connectivity index (χ3n) is 2.56. The molecule has 0 spiro atoms. The summed E-state index contributed by atoms with van der Waals surface area (Å²) in [4.78, 5) is 11.2. The Labute approximate surface area is 125 Å². The summed E-state index contributed by atoms with van der Waals surface area (Å²) in [7, 11) is -4.23. The van der Waals surface area contributed by atoms with Gasteiger partial charge in [-0.25, -0.2) is 17.9 Å². The molecule has 0 aliphatic heterocycles. The van der Waals surface area contributed by atoms with Gasteiger partial charge >= 0.3 is 0 Å². The highest BCUT2D eigenvalue weighted by Gasteiger charge is 2.22. The van der Waals surface area contributed by atoms with Crippen LogP contribution in [0.25, 0.3) is 0 Å². The molecule has 1 aromatic rings. The molecule has 1 amide bonds. The van der Waals surface area contributed by atoms with Crippen LogP contribution in [0.5, 0.6) is 0 Å². The number of benzene rings is 1. The van der Waals surface area contributed by atoms with Crippen molar-refractivity contribution in [1.82, 2.24) is 5.32 Å². The molecular weight excluding hydrogens is 351 g/mol. The van der Waals surface area contributed by atoms with Gasteiger partial charge in [0.25, 0.3) is 5.91 Å². The van der Waals surface area contributed by atoms with Gasteiger partial charge in [0.15, 0.2) is 5.82 Å². The highest BCUT2D eigenvalue weighted by molar-refractivity contribution is 9.10. The summed E-state index contributed by atoms with van der Waals surface area (Å²) < 4.78 is 36.8. The van der Waals surface area contributed by atoms with Crippen LogP contribution in [-0.2, 0) is 10.0 Å². The maximum Gasteiger partial charge on any atom is 0.254 e. The Morgan fingerprint density at radius 1 is 1.45 bits per heavy atom. The number of nitrogens with one attached hydrogen (secondary N) is 1. The molecule has 1 aromatic carbocycles. The molecule has 1 rings (SSSR count). The molecule has 0 unspecified atom stereocenters. The first-order valence-electron chi connectivity index (χ1n) is 5.93. The van der Waals surface area contributed by atoms with E-state index in [0.29, 0.717) is 12.5 Å². The fraction of sp³-hybridized carbons (Fsp3) is 0.417. The van der Waals surface area contributed by atoms with Gasteiger partial charge < -0.3 is 5.32 Å². The SMILES string of the molecule is CC(C)CCNC(=O)c1cc(Br)cc(S(N)(=O)=O)c1F. The number of hydrogen-bond acceptors (Lipinski definition) is 3. The van der Waals surface area contributed by atoms with Crippen molar-refractivity contribution in [3.63, 3.8) is 0 Å². The third kappa shape index (κ3) is 4.53. The lowest BCUT2D eigenvalue weighted by Gasteiger charge is -2.10. The van der Waals surface area contributed by atoms with Crippen LogP contribution in [0, 0.1) is 11.7 Å². The largest absolute Gasteiger partial charge is 0.352 e. The molecule has 5 nitrogen and oxygen atoms in total. The van der Waals surface area contributed by atoms with Crippen LogP contribution < -0.4 is 10.5 Å². The molecule has 0 saturated heterocycles. The molecule has 8 heteroatoms. The Kier molecular flexibility index (Phi) is 5.67. The normalized spacial score (nSPS) is 11.7. The molecule has 3 N–H and O–H groups in total. The molecule has 112 valence electrons. The predicted octanol–water partition coefficient (Wildman–Crippen LogP) is 2.01. The predicted molar refractivity (Wildman–Crippen MR) is 77.3 cm³/mol. The van der Waals surface area contributed by atoms with Gasteiger partial charge in [0.05, 0.1) is 5.56 Å². The smallest absolute Gasteiger partial charge is 0.254 e. The van der Waals surface area contributed by atoms with Gasteiger partial charge in [-0.15, -0.1) is 0 Å². The fourth-order valence-electron chi connectivity index (χ4n) is 1.51. The number of rotatable bonds is 5. The molecular formula is C12H16BrFN2O3S. The number of amides is 1. The minimum atomic E-state index is -4.23. The van der Waals surface area contributed by atoms with E-state index in [1.807, 2.05) is 13.8 Å². The number of carbonyl (C=O) groups is 1. The molecule has 0 radical (unpaired) electrons. The van der Waals surface area contributed by atoms with E-state index in [1.165, 1.54) is 6.07 Å². The van der Waals surface area contributed by atoms with E-state index in [4.69, 9.17) is 5.14 Å². The van der Waals surface area contributed by atoms with E-state index in [-0.39, 0.29) is 10.0 Å². The molecule has 0 aliphatic rings. The van der Waals surface area contributed by atoms with Crippen LogP contribution >= 0.6 is 15.9 Å². The first kappa shape index (κ1) is 17.1. The van der Waals surface area contributed by atoms with Crippen LogP contribution in [0.1, 0.15) is 30.6 Å². The Morgan fingerprint density at radius 3 is 2.55 bits per heavy atom. The Morgan fingerprint density at radius 2 is 2.05 bits per heavy atom. The number of hydrogen-bond donors (Lipinski definition) is 2. The maximum absolute atomic E-state index is 14.0. The second kappa shape index (κ2) is 6.64. The van der Waals surface area contributed by atoms with Gasteiger partial charge in [-0.1, -0.05) is 29.8 Å². The summed E-state index contributed by atoms with van der Waals surface area (Å²) in [6.07, 6.45) is 0.739. The summed E-state index contributed by atoms with van der Waals surface area (Å²) in [5.74, 6) is -1.42. The number of carbonyl (C=O) groups excluding carboxylic acids is 1. The minimum Gasteiger partial charge on any atom is -0.352 e. The zero-order chi connectivity index (χ0) is 15.5. The molecule has 0 bridgehead atoms. The van der Waals surface area contributed by atoms with Gasteiger partial charge in [-0.2, -0.15) is 0 Å². The number of halogens is 2. The standard InChI is InChI=1S/C12H16BrFN2O3S/c1-7(2)3-4-16-12(17)9-5-8(13)6-10(11(9)14)20(15,18)19/h5-7H,3-4H2,1-2H3,(H,16,17)(H2,15,18,19). The van der Waals surface area contributed by atoms with Gasteiger partial charge in [-0.05, 0) is 24.5 Å². The van der Waals surface area contributed by atoms with Crippen LogP contribution in [0.2, 0.25) is 0 Å². The second-order valence-corrected chi connectivity index (χ2v) is 7.19. The molecule has 0 aliphatic carbocycles. The van der Waals surface area contributed by atoms with Gasteiger partial charge in [-0.3, -0.25) is 4.79 Å². The van der Waals surface area contributed by atoms with E-state index in [0.717, 1.165) is 12.5 Å². The summed E-state index contributed by atoms with van der Waals surface area (Å²) in [5.41, 5.74) is -0.354. The summed E-state index contributed by atoms with van der Waals surface area (Å²) in [6.45, 7) is 4.36. The number of sulfonamides is 1. The Balaban J connectivity index is 3.07. The zero-order valence-corrected chi connectivity index (χ0v) is 13.5. The topological polar surface area (TPSA) is 89.3 Å². The highest BCUT2D eigenvalue weighted by atomic mass is 79.9. The van der Waals surface area contributed by atoms with Crippen molar-refractivity contribution < 1.29 is 17.6 Å². The number of primary sulfonamides is 1. The van der Waals surface area contributed by atoms with E-state index < -0.39 is 26.6 Å². The van der Waals surface area contributed by atoms with Crippen molar-refractivity contribution >= 4 is 31.9 Å². The van der Waals surface area contributed by atoms with Gasteiger partial charge in [0.1, 0.15) is 4.90 Å². The lowest BCUT2D eigenvalue weighted by Crippen LogP contribution is -2.27. The van der Waals surface area contributed by atoms with Crippen molar-refractivity contribution in [3.05, 3.63) is 28.0 Å². The number of nitrogens with two attached hydrogens (primary N) is 1. The first-order valence-corrected chi connectivity index (χ1v) is 8.27. The van der Waals surface area contributed by atoms with Gasteiger partial charge in [0.2, 0.25) is 10.0 Å². The molecule has 20 heavy (non-hydrogen) atoms. The lowest BCUT2D eigenvalue weighted by molar-refractivity contribution is 0.0947. The quantitative estimate of drug-likeness (QED) is 0.834. The molecule has 0 saturated carbocycles. The van der Waals surface area contributed by atoms with E-state index in [9.17, 15) is 17.6 Å². The Hall–Kier alpha value is -0.990. The van der Waals surface area contributed by atoms with Crippen molar-refractivity contribution in [2.75, 3.05) is 6.54 Å². The van der Waals surface area contributed by atoms with Crippen molar-refractivity contribution in [1.29, 1.82) is 0 Å². The van der Waals surface area contributed by atoms with Crippen molar-refractivity contribution in [3.8, 4) is 0 Å². The molecule has 0 heterocycles. The minimum absolute atomic E-state index is 0.261. The monoisotopic (exact) mass is 366 g/mol. The van der Waals surface area contributed by atoms with Crippen molar-refractivity contribution in [2.24, 2.45) is 11.1 Å². The highest BCUT2D eigenvalue weighted by Crippen LogP contribution is 2.23. The average molecular weight is 367 g/mol. The second-order valence-electron chi connectivity index (χ2n) is 4.75. The molecule has 0 aromatic heterocycles. The zero-order valence-electron chi connectivity index (χ0n) is 11.1. The average Bonchev–Trinajstić information content (AvgIpc) is 2.29. The van der Waals surface area contributed by atoms with E-state index in [1.54, 1.807) is 0 Å². The van der Waals surface area contributed by atoms with Crippen LogP contribution in [0.3, 0.4) is 0 Å². The van der Waals surface area contributed by atoms with Crippen LogP contribution in [0.15, 0.2) is 21.5 Å². The van der Waals surface area contributed by atoms with Gasteiger partial charge in [0, 0.05) is 11.0 Å². The fourth-order valence-corrected chi connectivity index (χ4v) is 2.77. The van der Waals surface area contributed by atoms with E-state index in [2.05, 4.69) is 21.2 Å². The first-order chi connectivity index (χ1) is 9.12. The molecule has 0 fully saturated rings. The summed E-state index contributed by atoms with van der Waals surface area (Å²) in [6, 6.07) is 2.24. The molecule has 0 atom stereocenters. The summed E-state index contributed by atoms with van der Waals surface area (Å²) >= 11 is 3.03. The van der Waals surface area contributed by atoms with Crippen LogP contribution in [-0.4, -0.2) is 20.9 Å². The maximum atomic E-state index is 14.0. The lowest BCUT2D eigenvalue weighted by atomic mass is 10.1. The third-order valence-corrected chi connectivity index (χ3v) is 3.93.